The van der Waals surface area contributed by atoms with E-state index in [2.05, 4.69) is 0 Å². The van der Waals surface area contributed by atoms with Crippen molar-refractivity contribution in [2.75, 3.05) is 18.0 Å². The molecule has 0 amide bonds. The molecule has 0 bridgehead atoms. The Morgan fingerprint density at radius 2 is 2.00 bits per heavy atom. The van der Waals surface area contributed by atoms with Crippen LogP contribution in [0.1, 0.15) is 31.2 Å². The first-order valence-corrected chi connectivity index (χ1v) is 6.43. The molecule has 2 fully saturated rings. The third-order valence-corrected chi connectivity index (χ3v) is 3.43. The molecule has 94 valence electrons. The summed E-state index contributed by atoms with van der Waals surface area (Å²) < 4.78 is 19.7. The average Bonchev–Trinajstić information content (AvgIpc) is 3.02. The molecule has 1 aliphatic carbocycles. The molecule has 1 heterocycles. The molecule has 1 aromatic rings. The summed E-state index contributed by atoms with van der Waals surface area (Å²) in [4.78, 5) is 2.02. The molecule has 2 aliphatic rings. The number of halogens is 1. The standard InChI is InChI=1S/C14H15FN2O/c15-12-7-10(9-16)14(18-11-3-4-11)8-13(12)17-5-1-2-6-17/h7-8,11H,1-6H2. The van der Waals surface area contributed by atoms with Gasteiger partial charge < -0.3 is 9.64 Å². The monoisotopic (exact) mass is 246 g/mol. The summed E-state index contributed by atoms with van der Waals surface area (Å²) in [6.45, 7) is 1.76. The number of hydrogen-bond acceptors (Lipinski definition) is 3. The number of benzene rings is 1. The van der Waals surface area contributed by atoms with Gasteiger partial charge in [0.1, 0.15) is 17.6 Å². The molecule has 0 N–H and O–H groups in total. The highest BCUT2D eigenvalue weighted by atomic mass is 19.1. The maximum absolute atomic E-state index is 14.0. The van der Waals surface area contributed by atoms with Gasteiger partial charge in [-0.05, 0) is 31.7 Å². The van der Waals surface area contributed by atoms with E-state index in [0.29, 0.717) is 17.0 Å². The van der Waals surface area contributed by atoms with Crippen molar-refractivity contribution in [2.45, 2.75) is 31.8 Å². The van der Waals surface area contributed by atoms with Crippen LogP contribution in [0.4, 0.5) is 10.1 Å². The largest absolute Gasteiger partial charge is 0.489 e. The first-order chi connectivity index (χ1) is 8.78. The van der Waals surface area contributed by atoms with Crippen LogP contribution in [0.25, 0.3) is 0 Å². The number of ether oxygens (including phenoxy) is 1. The smallest absolute Gasteiger partial charge is 0.148 e. The summed E-state index contributed by atoms with van der Waals surface area (Å²) >= 11 is 0. The number of nitriles is 1. The Labute approximate surface area is 106 Å². The topological polar surface area (TPSA) is 36.3 Å². The lowest BCUT2D eigenvalue weighted by Gasteiger charge is -2.20. The van der Waals surface area contributed by atoms with Crippen LogP contribution in [0.15, 0.2) is 12.1 Å². The van der Waals surface area contributed by atoms with Gasteiger partial charge in [0, 0.05) is 19.2 Å². The van der Waals surface area contributed by atoms with Crippen LogP contribution in [0.5, 0.6) is 5.75 Å². The molecule has 0 aromatic heterocycles. The fourth-order valence-corrected chi connectivity index (χ4v) is 2.29. The van der Waals surface area contributed by atoms with Crippen molar-refractivity contribution in [3.8, 4) is 11.8 Å². The van der Waals surface area contributed by atoms with Crippen LogP contribution >= 0.6 is 0 Å². The maximum atomic E-state index is 14.0. The van der Waals surface area contributed by atoms with Gasteiger partial charge in [0.25, 0.3) is 0 Å². The molecule has 0 atom stereocenters. The summed E-state index contributed by atoms with van der Waals surface area (Å²) in [5.74, 6) is 0.208. The number of rotatable bonds is 3. The van der Waals surface area contributed by atoms with Gasteiger partial charge in [-0.2, -0.15) is 5.26 Å². The van der Waals surface area contributed by atoms with E-state index in [1.54, 1.807) is 6.07 Å². The minimum atomic E-state index is -0.323. The highest BCUT2D eigenvalue weighted by Gasteiger charge is 2.26. The van der Waals surface area contributed by atoms with Gasteiger partial charge in [-0.3, -0.25) is 0 Å². The Morgan fingerprint density at radius 1 is 1.28 bits per heavy atom. The van der Waals surface area contributed by atoms with Gasteiger partial charge in [0.15, 0.2) is 0 Å². The third-order valence-electron chi connectivity index (χ3n) is 3.43. The normalized spacial score (nSPS) is 18.8. The SMILES string of the molecule is N#Cc1cc(F)c(N2CCCC2)cc1OC1CC1. The molecule has 0 unspecified atom stereocenters. The fourth-order valence-electron chi connectivity index (χ4n) is 2.29. The second-order valence-corrected chi connectivity index (χ2v) is 4.92. The number of nitrogens with zero attached hydrogens (tertiary/aromatic N) is 2. The van der Waals surface area contributed by atoms with E-state index in [1.807, 2.05) is 11.0 Å². The summed E-state index contributed by atoms with van der Waals surface area (Å²) in [5, 5.41) is 9.02. The van der Waals surface area contributed by atoms with Crippen molar-refractivity contribution in [2.24, 2.45) is 0 Å². The van der Waals surface area contributed by atoms with E-state index >= 15 is 0 Å². The zero-order chi connectivity index (χ0) is 12.5. The molecule has 1 aromatic carbocycles. The van der Waals surface area contributed by atoms with Crippen molar-refractivity contribution in [3.63, 3.8) is 0 Å². The maximum Gasteiger partial charge on any atom is 0.148 e. The molecule has 0 radical (unpaired) electrons. The highest BCUT2D eigenvalue weighted by molar-refractivity contribution is 5.58. The van der Waals surface area contributed by atoms with Crippen molar-refractivity contribution < 1.29 is 9.13 Å². The van der Waals surface area contributed by atoms with Crippen LogP contribution in [0, 0.1) is 17.1 Å². The summed E-state index contributed by atoms with van der Waals surface area (Å²) in [5.41, 5.74) is 0.865. The van der Waals surface area contributed by atoms with Gasteiger partial charge >= 0.3 is 0 Å². The number of hydrogen-bond donors (Lipinski definition) is 0. The second-order valence-electron chi connectivity index (χ2n) is 4.92. The molecule has 1 saturated carbocycles. The van der Waals surface area contributed by atoms with E-state index in [4.69, 9.17) is 10.00 Å². The van der Waals surface area contributed by atoms with Crippen LogP contribution in [-0.4, -0.2) is 19.2 Å². The Kier molecular flexibility index (Phi) is 2.83. The first kappa shape index (κ1) is 11.3. The van der Waals surface area contributed by atoms with Gasteiger partial charge in [-0.25, -0.2) is 4.39 Å². The van der Waals surface area contributed by atoms with E-state index in [-0.39, 0.29) is 11.9 Å². The van der Waals surface area contributed by atoms with Gasteiger partial charge in [0.2, 0.25) is 0 Å². The lowest BCUT2D eigenvalue weighted by Crippen LogP contribution is -2.19. The van der Waals surface area contributed by atoms with E-state index < -0.39 is 0 Å². The Bertz CT molecular complexity index is 499. The predicted octanol–water partition coefficient (Wildman–Crippen LogP) is 2.84. The quantitative estimate of drug-likeness (QED) is 0.822. The summed E-state index contributed by atoms with van der Waals surface area (Å²) in [6.07, 6.45) is 4.47. The Hall–Kier alpha value is -1.76. The highest BCUT2D eigenvalue weighted by Crippen LogP contribution is 2.34. The Balaban J connectivity index is 1.95. The van der Waals surface area contributed by atoms with Crippen molar-refractivity contribution >= 4 is 5.69 Å². The number of anilines is 1. The molecule has 0 spiro atoms. The van der Waals surface area contributed by atoms with Crippen LogP contribution in [-0.2, 0) is 0 Å². The van der Waals surface area contributed by atoms with Crippen molar-refractivity contribution in [3.05, 3.63) is 23.5 Å². The third kappa shape index (κ3) is 2.13. The second kappa shape index (κ2) is 4.49. The van der Waals surface area contributed by atoms with Crippen LogP contribution in [0.2, 0.25) is 0 Å². The van der Waals surface area contributed by atoms with E-state index in [1.165, 1.54) is 6.07 Å². The summed E-state index contributed by atoms with van der Waals surface area (Å²) in [7, 11) is 0. The van der Waals surface area contributed by atoms with Gasteiger partial charge in [-0.15, -0.1) is 0 Å². The molecule has 3 rings (SSSR count). The minimum Gasteiger partial charge on any atom is -0.489 e. The molecular weight excluding hydrogens is 231 g/mol. The average molecular weight is 246 g/mol. The van der Waals surface area contributed by atoms with Gasteiger partial charge in [0.05, 0.1) is 17.4 Å². The zero-order valence-corrected chi connectivity index (χ0v) is 10.2. The molecule has 4 heteroatoms. The van der Waals surface area contributed by atoms with Crippen LogP contribution in [0.3, 0.4) is 0 Å². The van der Waals surface area contributed by atoms with Crippen LogP contribution < -0.4 is 9.64 Å². The molecular formula is C14H15FN2O. The summed E-state index contributed by atoms with van der Waals surface area (Å²) in [6, 6.07) is 4.99. The fraction of sp³-hybridized carbons (Fsp3) is 0.500. The Morgan fingerprint density at radius 3 is 2.61 bits per heavy atom. The minimum absolute atomic E-state index is 0.217. The zero-order valence-electron chi connectivity index (χ0n) is 10.2. The molecule has 18 heavy (non-hydrogen) atoms. The lowest BCUT2D eigenvalue weighted by atomic mass is 10.1. The van der Waals surface area contributed by atoms with Gasteiger partial charge in [-0.1, -0.05) is 0 Å². The molecule has 3 nitrogen and oxygen atoms in total. The lowest BCUT2D eigenvalue weighted by molar-refractivity contribution is 0.302. The predicted molar refractivity (Wildman–Crippen MR) is 66.2 cm³/mol. The van der Waals surface area contributed by atoms with Crippen molar-refractivity contribution in [1.82, 2.24) is 0 Å². The van der Waals surface area contributed by atoms with E-state index in [0.717, 1.165) is 38.8 Å². The first-order valence-electron chi connectivity index (χ1n) is 6.43. The van der Waals surface area contributed by atoms with E-state index in [9.17, 15) is 4.39 Å². The van der Waals surface area contributed by atoms with Crippen molar-refractivity contribution in [1.29, 1.82) is 5.26 Å². The molecule has 1 aliphatic heterocycles. The molecule has 1 saturated heterocycles.